The van der Waals surface area contributed by atoms with Gasteiger partial charge in [-0.15, -0.1) is 34.2 Å². The summed E-state index contributed by atoms with van der Waals surface area (Å²) >= 11 is 12.4. The highest BCUT2D eigenvalue weighted by molar-refractivity contribution is 14.0. The van der Waals surface area contributed by atoms with Crippen LogP contribution in [-0.2, 0) is 18.3 Å². The fraction of sp³-hybridized carbons (Fsp3) is 0.526. The molecule has 3 rings (SSSR count). The minimum atomic E-state index is -0.0539. The molecule has 1 fully saturated rings. The molecule has 7 nitrogen and oxygen atoms in total. The summed E-state index contributed by atoms with van der Waals surface area (Å²) in [5, 5.41) is 16.3. The Morgan fingerprint density at radius 3 is 2.79 bits per heavy atom. The Bertz CT molecular complexity index is 838. The van der Waals surface area contributed by atoms with Gasteiger partial charge in [-0.1, -0.05) is 29.3 Å². The van der Waals surface area contributed by atoms with Gasteiger partial charge in [0, 0.05) is 30.2 Å². The van der Waals surface area contributed by atoms with Gasteiger partial charge in [-0.2, -0.15) is 0 Å². The number of aliphatic imine (C=N–C) groups is 1. The molecule has 1 aromatic heterocycles. The number of benzene rings is 1. The van der Waals surface area contributed by atoms with Gasteiger partial charge in [0.2, 0.25) is 0 Å². The molecule has 1 aliphatic rings. The Kier molecular flexibility index (Phi) is 9.45. The molecule has 1 saturated heterocycles. The number of aromatic nitrogens is 3. The minimum absolute atomic E-state index is 0. The van der Waals surface area contributed by atoms with Crippen LogP contribution in [0.5, 0.6) is 0 Å². The van der Waals surface area contributed by atoms with Gasteiger partial charge in [-0.3, -0.25) is 0 Å². The van der Waals surface area contributed by atoms with E-state index in [0.717, 1.165) is 36.7 Å². The van der Waals surface area contributed by atoms with Crippen LogP contribution in [0.3, 0.4) is 0 Å². The molecule has 0 spiro atoms. The second-order valence-corrected chi connectivity index (χ2v) is 7.78. The smallest absolute Gasteiger partial charge is 0.192 e. The first kappa shape index (κ1) is 24.2. The Morgan fingerprint density at radius 1 is 1.38 bits per heavy atom. The third kappa shape index (κ3) is 6.70. The fourth-order valence-corrected chi connectivity index (χ4v) is 3.61. The molecule has 2 heterocycles. The molecule has 0 bridgehead atoms. The zero-order valence-corrected chi connectivity index (χ0v) is 20.6. The predicted octanol–water partition coefficient (Wildman–Crippen LogP) is 4.02. The Morgan fingerprint density at radius 2 is 2.17 bits per heavy atom. The van der Waals surface area contributed by atoms with Crippen molar-refractivity contribution >= 4 is 53.1 Å². The molecule has 0 aliphatic carbocycles. The van der Waals surface area contributed by atoms with Crippen LogP contribution < -0.4 is 10.6 Å². The molecule has 0 amide bonds. The summed E-state index contributed by atoms with van der Waals surface area (Å²) in [7, 11) is 1.93. The van der Waals surface area contributed by atoms with E-state index in [1.807, 2.05) is 37.6 Å². The average Bonchev–Trinajstić information content (AvgIpc) is 3.28. The Labute approximate surface area is 198 Å². The molecular weight excluding hydrogens is 526 g/mol. The third-order valence-electron chi connectivity index (χ3n) is 4.86. The van der Waals surface area contributed by atoms with Gasteiger partial charge in [0.1, 0.15) is 12.4 Å². The highest BCUT2D eigenvalue weighted by Crippen LogP contribution is 2.26. The van der Waals surface area contributed by atoms with Crippen molar-refractivity contribution in [1.29, 1.82) is 0 Å². The zero-order valence-electron chi connectivity index (χ0n) is 16.8. The second-order valence-electron chi connectivity index (χ2n) is 6.94. The lowest BCUT2D eigenvalue weighted by Crippen LogP contribution is -2.42. The van der Waals surface area contributed by atoms with Gasteiger partial charge in [0.25, 0.3) is 0 Å². The monoisotopic (exact) mass is 552 g/mol. The number of nitrogens with zero attached hydrogens (tertiary/aromatic N) is 4. The van der Waals surface area contributed by atoms with E-state index in [1.165, 1.54) is 0 Å². The van der Waals surface area contributed by atoms with Crippen molar-refractivity contribution in [2.45, 2.75) is 45.4 Å². The van der Waals surface area contributed by atoms with Crippen LogP contribution in [0.2, 0.25) is 10.0 Å². The summed E-state index contributed by atoms with van der Waals surface area (Å²) in [5.74, 6) is 2.33. The number of aryl methyl sites for hydroxylation is 1. The molecule has 2 aromatic rings. The summed E-state index contributed by atoms with van der Waals surface area (Å²) in [6.45, 7) is 5.88. The molecule has 1 aromatic carbocycles. The molecule has 29 heavy (non-hydrogen) atoms. The standard InChI is InChI=1S/C19H26Cl2N6O.HI/c1-12(16-7-6-14(20)9-17(16)21)24-19(22-10-15-5-4-8-28-15)23-11-18-26-25-13(2)27(18)3;/h6-7,9,12,15H,4-5,8,10-11H2,1-3H3,(H2,22,23,24);1H. The zero-order chi connectivity index (χ0) is 20.1. The maximum atomic E-state index is 6.36. The van der Waals surface area contributed by atoms with Crippen molar-refractivity contribution in [3.8, 4) is 0 Å². The van der Waals surface area contributed by atoms with Crippen molar-refractivity contribution in [3.05, 3.63) is 45.5 Å². The van der Waals surface area contributed by atoms with Crippen molar-refractivity contribution in [1.82, 2.24) is 25.4 Å². The van der Waals surface area contributed by atoms with E-state index in [1.54, 1.807) is 6.07 Å². The number of hydrogen-bond acceptors (Lipinski definition) is 4. The maximum Gasteiger partial charge on any atom is 0.192 e. The highest BCUT2D eigenvalue weighted by atomic mass is 127. The number of nitrogens with one attached hydrogen (secondary N) is 2. The predicted molar refractivity (Wildman–Crippen MR) is 127 cm³/mol. The quantitative estimate of drug-likeness (QED) is 0.321. The number of rotatable bonds is 6. The van der Waals surface area contributed by atoms with Crippen LogP contribution in [0, 0.1) is 6.92 Å². The summed E-state index contributed by atoms with van der Waals surface area (Å²) < 4.78 is 7.63. The average molecular weight is 553 g/mol. The first-order valence-electron chi connectivity index (χ1n) is 9.40. The number of hydrogen-bond donors (Lipinski definition) is 2. The van der Waals surface area contributed by atoms with Gasteiger partial charge in [0.05, 0.1) is 12.1 Å². The van der Waals surface area contributed by atoms with Gasteiger partial charge >= 0.3 is 0 Å². The van der Waals surface area contributed by atoms with Crippen LogP contribution in [0.1, 0.15) is 43.0 Å². The number of halogens is 3. The van der Waals surface area contributed by atoms with Gasteiger partial charge < -0.3 is 19.9 Å². The first-order chi connectivity index (χ1) is 13.4. The summed E-state index contributed by atoms with van der Waals surface area (Å²) in [5.41, 5.74) is 0.951. The summed E-state index contributed by atoms with van der Waals surface area (Å²) in [6, 6.07) is 5.45. The summed E-state index contributed by atoms with van der Waals surface area (Å²) in [4.78, 5) is 4.69. The van der Waals surface area contributed by atoms with Crippen LogP contribution in [0.4, 0.5) is 0 Å². The third-order valence-corrected chi connectivity index (χ3v) is 5.43. The molecule has 2 unspecified atom stereocenters. The van der Waals surface area contributed by atoms with Crippen LogP contribution in [-0.4, -0.2) is 40.0 Å². The second kappa shape index (κ2) is 11.3. The lowest BCUT2D eigenvalue weighted by Gasteiger charge is -2.21. The van der Waals surface area contributed by atoms with Crippen LogP contribution >= 0.6 is 47.2 Å². The van der Waals surface area contributed by atoms with Gasteiger partial charge in [-0.25, -0.2) is 4.99 Å². The summed E-state index contributed by atoms with van der Waals surface area (Å²) in [6.07, 6.45) is 2.36. The van der Waals surface area contributed by atoms with Crippen LogP contribution in [0.25, 0.3) is 0 Å². The van der Waals surface area contributed by atoms with Crippen LogP contribution in [0.15, 0.2) is 23.2 Å². The van der Waals surface area contributed by atoms with Gasteiger partial charge in [0.15, 0.2) is 11.8 Å². The first-order valence-corrected chi connectivity index (χ1v) is 10.2. The highest BCUT2D eigenvalue weighted by Gasteiger charge is 2.17. The van der Waals surface area contributed by atoms with E-state index in [4.69, 9.17) is 27.9 Å². The lowest BCUT2D eigenvalue weighted by molar-refractivity contribution is 0.113. The van der Waals surface area contributed by atoms with E-state index in [9.17, 15) is 0 Å². The minimum Gasteiger partial charge on any atom is -0.376 e. The van der Waals surface area contributed by atoms with E-state index < -0.39 is 0 Å². The SMILES string of the molecule is Cc1nnc(CN=C(NCC2CCCO2)NC(C)c2ccc(Cl)cc2Cl)n1C.I. The van der Waals surface area contributed by atoms with Gasteiger partial charge in [-0.05, 0) is 44.4 Å². The molecule has 0 radical (unpaired) electrons. The lowest BCUT2D eigenvalue weighted by atomic mass is 10.1. The maximum absolute atomic E-state index is 6.36. The molecule has 1 aliphatic heterocycles. The molecule has 10 heteroatoms. The van der Waals surface area contributed by atoms with Crippen molar-refractivity contribution < 1.29 is 4.74 Å². The topological polar surface area (TPSA) is 76.4 Å². The molecule has 2 atom stereocenters. The molecule has 2 N–H and O–H groups in total. The fourth-order valence-electron chi connectivity index (χ4n) is 3.04. The van der Waals surface area contributed by atoms with E-state index in [2.05, 4.69) is 25.8 Å². The van der Waals surface area contributed by atoms with E-state index in [0.29, 0.717) is 29.1 Å². The van der Waals surface area contributed by atoms with E-state index in [-0.39, 0.29) is 36.1 Å². The number of guanidine groups is 1. The van der Waals surface area contributed by atoms with E-state index >= 15 is 0 Å². The Balaban J connectivity index is 0.00000300. The normalized spacial score (nSPS) is 17.7. The molecule has 160 valence electrons. The van der Waals surface area contributed by atoms with Crippen molar-refractivity contribution in [3.63, 3.8) is 0 Å². The largest absolute Gasteiger partial charge is 0.376 e. The Hall–Kier alpha value is -1.10. The van der Waals surface area contributed by atoms with Crippen molar-refractivity contribution in [2.24, 2.45) is 12.0 Å². The van der Waals surface area contributed by atoms with Crippen molar-refractivity contribution in [2.75, 3.05) is 13.2 Å². The molecular formula is C19H27Cl2IN6O. The number of ether oxygens (including phenoxy) is 1. The molecule has 0 saturated carbocycles.